The summed E-state index contributed by atoms with van der Waals surface area (Å²) in [5.74, 6) is 0. The SMILES string of the molecule is NCc1ccc(Cl)c(S(=O)(=O)Nc2ccc(Br)cc2Br)c1. The van der Waals surface area contributed by atoms with Crippen LogP contribution in [-0.4, -0.2) is 8.42 Å². The lowest BCUT2D eigenvalue weighted by molar-refractivity contribution is 0.601. The number of hydrogen-bond donors (Lipinski definition) is 2. The summed E-state index contributed by atoms with van der Waals surface area (Å²) >= 11 is 12.6. The third-order valence-electron chi connectivity index (χ3n) is 2.70. The molecule has 112 valence electrons. The number of anilines is 1. The molecule has 0 aliphatic rings. The van der Waals surface area contributed by atoms with Gasteiger partial charge in [-0.3, -0.25) is 4.72 Å². The molecule has 0 saturated heterocycles. The summed E-state index contributed by atoms with van der Waals surface area (Å²) in [7, 11) is -3.79. The Morgan fingerprint density at radius 1 is 1.14 bits per heavy atom. The van der Waals surface area contributed by atoms with E-state index in [-0.39, 0.29) is 16.5 Å². The molecule has 0 heterocycles. The van der Waals surface area contributed by atoms with Gasteiger partial charge in [0, 0.05) is 15.5 Å². The van der Waals surface area contributed by atoms with Crippen LogP contribution in [0.15, 0.2) is 50.2 Å². The maximum atomic E-state index is 12.5. The smallest absolute Gasteiger partial charge is 0.263 e. The second-order valence-electron chi connectivity index (χ2n) is 4.20. The highest BCUT2D eigenvalue weighted by atomic mass is 79.9. The van der Waals surface area contributed by atoms with Gasteiger partial charge >= 0.3 is 0 Å². The summed E-state index contributed by atoms with van der Waals surface area (Å²) in [5.41, 5.74) is 6.65. The Balaban J connectivity index is 2.43. The molecule has 0 atom stereocenters. The highest BCUT2D eigenvalue weighted by Gasteiger charge is 2.19. The van der Waals surface area contributed by atoms with E-state index in [1.54, 1.807) is 24.3 Å². The zero-order valence-electron chi connectivity index (χ0n) is 10.6. The van der Waals surface area contributed by atoms with Crippen LogP contribution < -0.4 is 10.5 Å². The van der Waals surface area contributed by atoms with Crippen molar-refractivity contribution in [2.75, 3.05) is 4.72 Å². The minimum absolute atomic E-state index is 0.00179. The Morgan fingerprint density at radius 3 is 2.48 bits per heavy atom. The molecule has 0 amide bonds. The van der Waals surface area contributed by atoms with Crippen LogP contribution >= 0.6 is 43.5 Å². The van der Waals surface area contributed by atoms with Crippen molar-refractivity contribution in [3.63, 3.8) is 0 Å². The zero-order chi connectivity index (χ0) is 15.6. The molecule has 0 saturated carbocycles. The van der Waals surface area contributed by atoms with Gasteiger partial charge < -0.3 is 5.73 Å². The molecular weight excluding hydrogens is 443 g/mol. The summed E-state index contributed by atoms with van der Waals surface area (Å²) < 4.78 is 28.9. The Kier molecular flexibility index (Phi) is 5.32. The van der Waals surface area contributed by atoms with Crippen molar-refractivity contribution in [2.45, 2.75) is 11.4 Å². The first-order valence-electron chi connectivity index (χ1n) is 5.80. The molecule has 8 heteroatoms. The summed E-state index contributed by atoms with van der Waals surface area (Å²) in [6, 6.07) is 9.81. The second kappa shape index (κ2) is 6.66. The lowest BCUT2D eigenvalue weighted by Crippen LogP contribution is -2.14. The molecule has 2 rings (SSSR count). The van der Waals surface area contributed by atoms with Crippen LogP contribution in [0.1, 0.15) is 5.56 Å². The van der Waals surface area contributed by atoms with Crippen LogP contribution in [0.25, 0.3) is 0 Å². The highest BCUT2D eigenvalue weighted by molar-refractivity contribution is 9.11. The van der Waals surface area contributed by atoms with Gasteiger partial charge in [0.1, 0.15) is 4.90 Å². The van der Waals surface area contributed by atoms with Crippen molar-refractivity contribution in [2.24, 2.45) is 5.73 Å². The van der Waals surface area contributed by atoms with Gasteiger partial charge in [0.2, 0.25) is 0 Å². The van der Waals surface area contributed by atoms with Crippen LogP contribution in [-0.2, 0) is 16.6 Å². The molecule has 21 heavy (non-hydrogen) atoms. The average molecular weight is 455 g/mol. The normalized spacial score (nSPS) is 11.4. The first-order valence-corrected chi connectivity index (χ1v) is 9.24. The van der Waals surface area contributed by atoms with E-state index in [2.05, 4.69) is 36.6 Å². The quantitative estimate of drug-likeness (QED) is 0.730. The number of halogens is 3. The summed E-state index contributed by atoms with van der Waals surface area (Å²) in [6.07, 6.45) is 0. The van der Waals surface area contributed by atoms with Crippen LogP contribution in [0.2, 0.25) is 5.02 Å². The number of rotatable bonds is 4. The number of sulfonamides is 1. The van der Waals surface area contributed by atoms with E-state index in [0.29, 0.717) is 15.7 Å². The Labute approximate surface area is 145 Å². The molecule has 0 unspecified atom stereocenters. The van der Waals surface area contributed by atoms with Crippen molar-refractivity contribution in [1.29, 1.82) is 0 Å². The lowest BCUT2D eigenvalue weighted by atomic mass is 10.2. The molecule has 0 aliphatic heterocycles. The molecule has 3 N–H and O–H groups in total. The fraction of sp³-hybridized carbons (Fsp3) is 0.0769. The maximum absolute atomic E-state index is 12.5. The van der Waals surface area contributed by atoms with Crippen LogP contribution in [0, 0.1) is 0 Å². The predicted molar refractivity (Wildman–Crippen MR) is 92.0 cm³/mol. The molecule has 0 radical (unpaired) electrons. The topological polar surface area (TPSA) is 72.2 Å². The second-order valence-corrected chi connectivity index (χ2v) is 8.03. The van der Waals surface area contributed by atoms with Gasteiger partial charge in [-0.1, -0.05) is 33.6 Å². The lowest BCUT2D eigenvalue weighted by Gasteiger charge is -2.12. The molecule has 0 bridgehead atoms. The van der Waals surface area contributed by atoms with E-state index in [4.69, 9.17) is 17.3 Å². The third-order valence-corrected chi connectivity index (χ3v) is 5.69. The Hall–Kier alpha value is -0.600. The largest absolute Gasteiger partial charge is 0.326 e. The first-order chi connectivity index (χ1) is 9.83. The van der Waals surface area contributed by atoms with Crippen molar-refractivity contribution < 1.29 is 8.42 Å². The molecule has 2 aromatic rings. The van der Waals surface area contributed by atoms with Crippen molar-refractivity contribution in [3.05, 3.63) is 55.9 Å². The fourth-order valence-electron chi connectivity index (χ4n) is 1.65. The number of hydrogen-bond acceptors (Lipinski definition) is 3. The third kappa shape index (κ3) is 3.98. The first kappa shape index (κ1) is 16.8. The van der Waals surface area contributed by atoms with Crippen molar-refractivity contribution in [1.82, 2.24) is 0 Å². The van der Waals surface area contributed by atoms with E-state index in [1.807, 2.05) is 0 Å². The average Bonchev–Trinajstić information content (AvgIpc) is 2.42. The monoisotopic (exact) mass is 452 g/mol. The Bertz CT molecular complexity index is 782. The Morgan fingerprint density at radius 2 is 1.86 bits per heavy atom. The van der Waals surface area contributed by atoms with E-state index in [9.17, 15) is 8.42 Å². The fourth-order valence-corrected chi connectivity index (χ4v) is 4.56. The standard InChI is InChI=1S/C13H11Br2ClN2O2S/c14-9-2-4-12(10(15)6-9)18-21(19,20)13-5-8(7-17)1-3-11(13)16/h1-6,18H,7,17H2. The minimum atomic E-state index is -3.79. The number of nitrogens with two attached hydrogens (primary N) is 1. The van der Waals surface area contributed by atoms with Crippen LogP contribution in [0.4, 0.5) is 5.69 Å². The van der Waals surface area contributed by atoms with Gasteiger partial charge in [0.05, 0.1) is 10.7 Å². The van der Waals surface area contributed by atoms with E-state index in [0.717, 1.165) is 4.47 Å². The molecule has 0 aromatic heterocycles. The molecule has 4 nitrogen and oxygen atoms in total. The van der Waals surface area contributed by atoms with Gasteiger partial charge in [-0.15, -0.1) is 0 Å². The highest BCUT2D eigenvalue weighted by Crippen LogP contribution is 2.30. The van der Waals surface area contributed by atoms with Gasteiger partial charge in [0.25, 0.3) is 10.0 Å². The van der Waals surface area contributed by atoms with Gasteiger partial charge in [-0.05, 0) is 51.8 Å². The molecule has 0 fully saturated rings. The maximum Gasteiger partial charge on any atom is 0.263 e. The summed E-state index contributed by atoms with van der Waals surface area (Å²) in [5, 5.41) is 0.146. The van der Waals surface area contributed by atoms with Gasteiger partial charge in [-0.25, -0.2) is 8.42 Å². The number of nitrogens with one attached hydrogen (secondary N) is 1. The molecule has 0 spiro atoms. The van der Waals surface area contributed by atoms with Crippen LogP contribution in [0.5, 0.6) is 0 Å². The van der Waals surface area contributed by atoms with Crippen molar-refractivity contribution in [3.8, 4) is 0 Å². The van der Waals surface area contributed by atoms with Gasteiger partial charge in [0.15, 0.2) is 0 Å². The molecular formula is C13H11Br2ClN2O2S. The van der Waals surface area contributed by atoms with E-state index < -0.39 is 10.0 Å². The molecule has 0 aliphatic carbocycles. The number of benzene rings is 2. The van der Waals surface area contributed by atoms with Crippen molar-refractivity contribution >= 4 is 59.2 Å². The summed E-state index contributed by atoms with van der Waals surface area (Å²) in [6.45, 7) is 0.238. The zero-order valence-corrected chi connectivity index (χ0v) is 15.4. The minimum Gasteiger partial charge on any atom is -0.326 e. The predicted octanol–water partition coefficient (Wildman–Crippen LogP) is 4.12. The summed E-state index contributed by atoms with van der Waals surface area (Å²) in [4.78, 5) is 0.00179. The van der Waals surface area contributed by atoms with Crippen LogP contribution in [0.3, 0.4) is 0 Å². The van der Waals surface area contributed by atoms with E-state index in [1.165, 1.54) is 12.1 Å². The van der Waals surface area contributed by atoms with Gasteiger partial charge in [-0.2, -0.15) is 0 Å². The van der Waals surface area contributed by atoms with E-state index >= 15 is 0 Å². The molecule has 2 aromatic carbocycles.